The van der Waals surface area contributed by atoms with E-state index in [4.69, 9.17) is 0 Å². The minimum absolute atomic E-state index is 0.0688. The number of nitrogens with one attached hydrogen (secondary N) is 1. The molecule has 0 radical (unpaired) electrons. The Hall–Kier alpha value is -3.56. The number of carbonyl (C=O) groups excluding carboxylic acids is 4. The van der Waals surface area contributed by atoms with Crippen molar-refractivity contribution in [3.05, 3.63) is 59.2 Å². The molecule has 2 aliphatic heterocycles. The van der Waals surface area contributed by atoms with Crippen LogP contribution in [0.25, 0.3) is 0 Å². The number of halogens is 2. The van der Waals surface area contributed by atoms with Crippen molar-refractivity contribution in [1.29, 1.82) is 0 Å². The summed E-state index contributed by atoms with van der Waals surface area (Å²) in [5.41, 5.74) is 1.06. The molecule has 1 saturated heterocycles. The van der Waals surface area contributed by atoms with E-state index in [0.717, 1.165) is 18.6 Å². The maximum absolute atomic E-state index is 14.3. The first-order chi connectivity index (χ1) is 14.8. The Bertz CT molecular complexity index is 1070. The first-order valence-corrected chi connectivity index (χ1v) is 9.71. The van der Waals surface area contributed by atoms with Crippen LogP contribution in [-0.2, 0) is 33.3 Å². The first-order valence-electron chi connectivity index (χ1n) is 9.71. The number of hydrogen-bond acceptors (Lipinski definition) is 6. The molecule has 0 spiro atoms. The Kier molecular flexibility index (Phi) is 5.30. The van der Waals surface area contributed by atoms with Crippen molar-refractivity contribution < 1.29 is 28.0 Å². The summed E-state index contributed by atoms with van der Waals surface area (Å²) in [6, 6.07) is 5.15. The molecule has 31 heavy (non-hydrogen) atoms. The number of carbonyl (C=O) groups is 4. The normalized spacial score (nSPS) is 18.7. The molecule has 160 valence electrons. The van der Waals surface area contributed by atoms with Crippen molar-refractivity contribution >= 4 is 23.5 Å². The highest BCUT2D eigenvalue weighted by molar-refractivity contribution is 6.05. The molecule has 2 aromatic rings. The van der Waals surface area contributed by atoms with Crippen LogP contribution in [0, 0.1) is 0 Å². The monoisotopic (exact) mass is 428 g/mol. The van der Waals surface area contributed by atoms with Gasteiger partial charge >= 0.3 is 5.92 Å². The van der Waals surface area contributed by atoms with Crippen molar-refractivity contribution in [2.45, 2.75) is 44.2 Å². The average Bonchev–Trinajstić information content (AvgIpc) is 3.08. The summed E-state index contributed by atoms with van der Waals surface area (Å²) in [5.74, 6) is -6.15. The number of alkyl halides is 2. The van der Waals surface area contributed by atoms with E-state index in [0.29, 0.717) is 16.7 Å². The molecule has 10 heteroatoms. The Morgan fingerprint density at radius 3 is 2.74 bits per heavy atom. The topological polar surface area (TPSA) is 109 Å². The van der Waals surface area contributed by atoms with E-state index in [1.165, 1.54) is 4.90 Å². The van der Waals surface area contributed by atoms with Gasteiger partial charge in [-0.3, -0.25) is 24.5 Å². The predicted molar refractivity (Wildman–Crippen MR) is 102 cm³/mol. The number of amides is 3. The highest BCUT2D eigenvalue weighted by atomic mass is 19.3. The molecular formula is C21H18F2N4O4. The van der Waals surface area contributed by atoms with Gasteiger partial charge in [0.1, 0.15) is 18.1 Å². The lowest BCUT2D eigenvalue weighted by atomic mass is 9.99. The fraction of sp³-hybridized carbons (Fsp3) is 0.333. The molecule has 2 aliphatic rings. The number of piperidine rings is 1. The van der Waals surface area contributed by atoms with E-state index in [2.05, 4.69) is 15.3 Å². The summed E-state index contributed by atoms with van der Waals surface area (Å²) in [5, 5.41) is 2.24. The zero-order valence-corrected chi connectivity index (χ0v) is 16.3. The first kappa shape index (κ1) is 20.7. The Morgan fingerprint density at radius 2 is 2.03 bits per heavy atom. The molecule has 1 aromatic carbocycles. The van der Waals surface area contributed by atoms with Gasteiger partial charge in [0.2, 0.25) is 17.6 Å². The number of ketones is 1. The maximum Gasteiger partial charge on any atom is 0.346 e. The van der Waals surface area contributed by atoms with Crippen LogP contribution in [0.2, 0.25) is 0 Å². The van der Waals surface area contributed by atoms with Crippen LogP contribution < -0.4 is 5.32 Å². The molecule has 0 bridgehead atoms. The number of hydrogen-bond donors (Lipinski definition) is 1. The predicted octanol–water partition coefficient (Wildman–Crippen LogP) is 1.53. The molecule has 3 heterocycles. The van der Waals surface area contributed by atoms with Crippen LogP contribution in [-0.4, -0.2) is 44.4 Å². The third-order valence-electron chi connectivity index (χ3n) is 5.48. The standard InChI is InChI=1S/C21H18F2N4O4/c22-21(23,16-7-8-24-11-25-16)17(28)5-2-12-1-3-14-13(9-12)10-27(20(14)31)15-4-6-18(29)26-19(15)30/h1,3,7-9,11,15H,2,4-6,10H2,(H,26,29,30). The lowest BCUT2D eigenvalue weighted by Crippen LogP contribution is -2.52. The van der Waals surface area contributed by atoms with Gasteiger partial charge in [0.15, 0.2) is 0 Å². The van der Waals surface area contributed by atoms with Gasteiger partial charge in [-0.05, 0) is 36.1 Å². The molecule has 0 aliphatic carbocycles. The minimum atomic E-state index is -3.71. The van der Waals surface area contributed by atoms with Gasteiger partial charge in [0, 0.05) is 31.1 Å². The van der Waals surface area contributed by atoms with Crippen LogP contribution in [0.1, 0.15) is 46.4 Å². The number of benzene rings is 1. The van der Waals surface area contributed by atoms with Crippen LogP contribution >= 0.6 is 0 Å². The van der Waals surface area contributed by atoms with E-state index in [1.807, 2.05) is 0 Å². The summed E-state index contributed by atoms with van der Waals surface area (Å²) in [4.78, 5) is 56.7. The van der Waals surface area contributed by atoms with Gasteiger partial charge in [0.05, 0.1) is 0 Å². The van der Waals surface area contributed by atoms with E-state index in [1.54, 1.807) is 18.2 Å². The number of imide groups is 1. The largest absolute Gasteiger partial charge is 0.346 e. The number of aromatic nitrogens is 2. The lowest BCUT2D eigenvalue weighted by molar-refractivity contribution is -0.145. The van der Waals surface area contributed by atoms with E-state index >= 15 is 0 Å². The average molecular weight is 428 g/mol. The molecule has 8 nitrogen and oxygen atoms in total. The summed E-state index contributed by atoms with van der Waals surface area (Å²) in [6.07, 6.45) is 2.19. The van der Waals surface area contributed by atoms with Crippen LogP contribution in [0.3, 0.4) is 0 Å². The zero-order valence-electron chi connectivity index (χ0n) is 16.3. The van der Waals surface area contributed by atoms with E-state index in [-0.39, 0.29) is 37.6 Å². The van der Waals surface area contributed by atoms with Crippen molar-refractivity contribution in [3.8, 4) is 0 Å². The number of nitrogens with zero attached hydrogens (tertiary/aromatic N) is 3. The highest BCUT2D eigenvalue weighted by Gasteiger charge is 2.42. The van der Waals surface area contributed by atoms with Crippen LogP contribution in [0.5, 0.6) is 0 Å². The quantitative estimate of drug-likeness (QED) is 0.699. The Morgan fingerprint density at radius 1 is 1.23 bits per heavy atom. The second-order valence-corrected chi connectivity index (χ2v) is 7.48. The Labute approximate surface area is 175 Å². The van der Waals surface area contributed by atoms with Gasteiger partial charge in [-0.1, -0.05) is 12.1 Å². The lowest BCUT2D eigenvalue weighted by Gasteiger charge is -2.29. The summed E-state index contributed by atoms with van der Waals surface area (Å²) in [7, 11) is 0. The Balaban J connectivity index is 1.43. The second-order valence-electron chi connectivity index (χ2n) is 7.48. The van der Waals surface area contributed by atoms with Gasteiger partial charge < -0.3 is 4.90 Å². The highest BCUT2D eigenvalue weighted by Crippen LogP contribution is 2.31. The fourth-order valence-corrected chi connectivity index (χ4v) is 3.82. The zero-order chi connectivity index (χ0) is 22.2. The molecule has 0 saturated carbocycles. The van der Waals surface area contributed by atoms with Gasteiger partial charge in [0.25, 0.3) is 5.91 Å². The maximum atomic E-state index is 14.3. The molecule has 4 rings (SSSR count). The van der Waals surface area contributed by atoms with Crippen molar-refractivity contribution in [1.82, 2.24) is 20.2 Å². The molecular weight excluding hydrogens is 410 g/mol. The molecule has 1 atom stereocenters. The summed E-state index contributed by atoms with van der Waals surface area (Å²) < 4.78 is 28.6. The second kappa shape index (κ2) is 7.93. The van der Waals surface area contributed by atoms with E-state index in [9.17, 15) is 28.0 Å². The molecule has 1 unspecified atom stereocenters. The fourth-order valence-electron chi connectivity index (χ4n) is 3.82. The molecule has 1 aromatic heterocycles. The van der Waals surface area contributed by atoms with Gasteiger partial charge in [-0.2, -0.15) is 8.78 Å². The summed E-state index contributed by atoms with van der Waals surface area (Å²) >= 11 is 0. The van der Waals surface area contributed by atoms with Crippen molar-refractivity contribution in [2.24, 2.45) is 0 Å². The van der Waals surface area contributed by atoms with Crippen LogP contribution in [0.15, 0.2) is 36.8 Å². The number of rotatable bonds is 6. The molecule has 1 fully saturated rings. The van der Waals surface area contributed by atoms with Crippen molar-refractivity contribution in [3.63, 3.8) is 0 Å². The molecule has 3 amide bonds. The van der Waals surface area contributed by atoms with Crippen LogP contribution in [0.4, 0.5) is 8.78 Å². The third kappa shape index (κ3) is 3.92. The molecule has 1 N–H and O–H groups in total. The van der Waals surface area contributed by atoms with E-state index < -0.39 is 35.8 Å². The minimum Gasteiger partial charge on any atom is -0.322 e. The number of fused-ring (bicyclic) bond motifs is 1. The summed E-state index contributed by atoms with van der Waals surface area (Å²) in [6.45, 7) is 0.180. The number of aryl methyl sites for hydroxylation is 1. The SMILES string of the molecule is O=C1CCC(N2Cc3cc(CCC(=O)C(F)(F)c4ccncn4)ccc3C2=O)C(=O)N1. The van der Waals surface area contributed by atoms with Gasteiger partial charge in [-0.15, -0.1) is 0 Å². The number of Topliss-reactive ketones (excluding diaryl/α,β-unsaturated/α-hetero) is 1. The van der Waals surface area contributed by atoms with Crippen molar-refractivity contribution in [2.75, 3.05) is 0 Å². The van der Waals surface area contributed by atoms with Gasteiger partial charge in [-0.25, -0.2) is 9.97 Å². The smallest absolute Gasteiger partial charge is 0.322 e. The third-order valence-corrected chi connectivity index (χ3v) is 5.48.